The average Bonchev–Trinajstić information content (AvgIpc) is 2.29. The highest BCUT2D eigenvalue weighted by atomic mass is 127. The van der Waals surface area contributed by atoms with Crippen molar-refractivity contribution in [2.75, 3.05) is 7.11 Å². The fourth-order valence-electron chi connectivity index (χ4n) is 2.19. The van der Waals surface area contributed by atoms with Gasteiger partial charge in [-0.3, -0.25) is 0 Å². The average molecular weight is 332 g/mol. The molecule has 0 atom stereocenters. The zero-order valence-corrected chi connectivity index (χ0v) is 11.2. The number of rotatable bonds is 2. The number of carboxylic acids is 1. The third-order valence-electron chi connectivity index (χ3n) is 2.97. The fraction of sp³-hybridized carbons (Fsp3) is 0.417. The van der Waals surface area contributed by atoms with E-state index in [2.05, 4.69) is 22.6 Å². The summed E-state index contributed by atoms with van der Waals surface area (Å²) in [6.07, 6.45) is 4.34. The number of carboxylic acid groups (broad SMARTS) is 1. The Kier molecular flexibility index (Phi) is 3.37. The third kappa shape index (κ3) is 1.90. The molecule has 1 N–H and O–H groups in total. The molecule has 0 saturated carbocycles. The molecular weight excluding hydrogens is 319 g/mol. The molecule has 1 aliphatic rings. The van der Waals surface area contributed by atoms with Gasteiger partial charge in [0, 0.05) is 0 Å². The van der Waals surface area contributed by atoms with Crippen LogP contribution in [0.5, 0.6) is 5.75 Å². The quantitative estimate of drug-likeness (QED) is 0.847. The van der Waals surface area contributed by atoms with Crippen molar-refractivity contribution in [3.63, 3.8) is 0 Å². The van der Waals surface area contributed by atoms with Crippen LogP contribution in [0.3, 0.4) is 0 Å². The van der Waals surface area contributed by atoms with Crippen LogP contribution >= 0.6 is 22.6 Å². The first-order chi connectivity index (χ1) is 7.65. The maximum Gasteiger partial charge on any atom is 0.339 e. The van der Waals surface area contributed by atoms with Gasteiger partial charge in [-0.25, -0.2) is 4.79 Å². The van der Waals surface area contributed by atoms with Gasteiger partial charge in [-0.15, -0.1) is 0 Å². The van der Waals surface area contributed by atoms with Gasteiger partial charge >= 0.3 is 5.97 Å². The van der Waals surface area contributed by atoms with Crippen molar-refractivity contribution in [3.05, 3.63) is 26.3 Å². The van der Waals surface area contributed by atoms with E-state index >= 15 is 0 Å². The van der Waals surface area contributed by atoms with E-state index in [0.29, 0.717) is 5.75 Å². The number of benzene rings is 1. The molecule has 0 unspecified atom stereocenters. The normalized spacial score (nSPS) is 14.4. The van der Waals surface area contributed by atoms with Crippen LogP contribution in [0.4, 0.5) is 0 Å². The van der Waals surface area contributed by atoms with Crippen molar-refractivity contribution in [1.82, 2.24) is 0 Å². The number of ether oxygens (including phenoxy) is 1. The first-order valence-corrected chi connectivity index (χ1v) is 6.34. The van der Waals surface area contributed by atoms with Gasteiger partial charge in [-0.1, -0.05) is 0 Å². The summed E-state index contributed by atoms with van der Waals surface area (Å²) in [5.41, 5.74) is 2.73. The zero-order chi connectivity index (χ0) is 11.7. The molecule has 0 bridgehead atoms. The van der Waals surface area contributed by atoms with E-state index in [-0.39, 0.29) is 5.56 Å². The summed E-state index contributed by atoms with van der Waals surface area (Å²) in [7, 11) is 1.53. The Morgan fingerprint density at radius 2 is 2.12 bits per heavy atom. The summed E-state index contributed by atoms with van der Waals surface area (Å²) in [4.78, 5) is 11.1. The third-order valence-corrected chi connectivity index (χ3v) is 4.11. The summed E-state index contributed by atoms with van der Waals surface area (Å²) in [5, 5.41) is 9.14. The molecule has 0 fully saturated rings. The number of hydrogen-bond acceptors (Lipinski definition) is 2. The van der Waals surface area contributed by atoms with Crippen LogP contribution < -0.4 is 4.74 Å². The van der Waals surface area contributed by atoms with Crippen molar-refractivity contribution < 1.29 is 14.6 Å². The molecule has 0 spiro atoms. The Morgan fingerprint density at radius 1 is 1.44 bits per heavy atom. The second-order valence-corrected chi connectivity index (χ2v) is 5.00. The molecule has 16 heavy (non-hydrogen) atoms. The highest BCUT2D eigenvalue weighted by Gasteiger charge is 2.22. The molecular formula is C12H13IO3. The Labute approximate surface area is 108 Å². The molecule has 3 nitrogen and oxygen atoms in total. The number of fused-ring (bicyclic) bond motifs is 1. The molecule has 1 aromatic rings. The van der Waals surface area contributed by atoms with Crippen molar-refractivity contribution >= 4 is 28.6 Å². The molecule has 2 rings (SSSR count). The van der Waals surface area contributed by atoms with Gasteiger partial charge in [0.1, 0.15) is 11.3 Å². The van der Waals surface area contributed by atoms with Crippen molar-refractivity contribution in [2.24, 2.45) is 0 Å². The Bertz CT molecular complexity index is 440. The van der Waals surface area contributed by atoms with Crippen LogP contribution in [0.2, 0.25) is 0 Å². The van der Waals surface area contributed by atoms with Gasteiger partial charge in [0.05, 0.1) is 10.7 Å². The maximum absolute atomic E-state index is 11.1. The molecule has 1 aromatic carbocycles. The summed E-state index contributed by atoms with van der Waals surface area (Å²) in [6, 6.07) is 1.78. The SMILES string of the molecule is COc1c(C(=O)O)cc2c(c1I)CCCC2. The highest BCUT2D eigenvalue weighted by Crippen LogP contribution is 2.35. The van der Waals surface area contributed by atoms with E-state index in [1.54, 1.807) is 6.07 Å². The standard InChI is InChI=1S/C12H13IO3/c1-16-11-9(12(14)15)6-7-4-2-3-5-8(7)10(11)13/h6H,2-5H2,1H3,(H,14,15). The Hall–Kier alpha value is -0.780. The van der Waals surface area contributed by atoms with Crippen LogP contribution in [-0.4, -0.2) is 18.2 Å². The molecule has 0 aliphatic heterocycles. The van der Waals surface area contributed by atoms with Gasteiger partial charge in [0.2, 0.25) is 0 Å². The minimum atomic E-state index is -0.914. The second-order valence-electron chi connectivity index (χ2n) is 3.92. The number of halogens is 1. The van der Waals surface area contributed by atoms with Crippen LogP contribution in [0, 0.1) is 3.57 Å². The van der Waals surface area contributed by atoms with Crippen molar-refractivity contribution in [1.29, 1.82) is 0 Å². The van der Waals surface area contributed by atoms with E-state index in [1.165, 1.54) is 24.7 Å². The van der Waals surface area contributed by atoms with E-state index < -0.39 is 5.97 Å². The van der Waals surface area contributed by atoms with Gasteiger partial charge in [-0.2, -0.15) is 0 Å². The van der Waals surface area contributed by atoms with E-state index in [9.17, 15) is 4.79 Å². The van der Waals surface area contributed by atoms with Crippen LogP contribution in [0.1, 0.15) is 34.3 Å². The maximum atomic E-state index is 11.1. The van der Waals surface area contributed by atoms with Crippen molar-refractivity contribution in [2.45, 2.75) is 25.7 Å². The summed E-state index contributed by atoms with van der Waals surface area (Å²) in [5.74, 6) is -0.406. The van der Waals surface area contributed by atoms with Crippen LogP contribution in [-0.2, 0) is 12.8 Å². The first-order valence-electron chi connectivity index (χ1n) is 5.26. The molecule has 0 heterocycles. The summed E-state index contributed by atoms with van der Waals surface area (Å²) >= 11 is 2.19. The Morgan fingerprint density at radius 3 is 2.75 bits per heavy atom. The predicted molar refractivity (Wildman–Crippen MR) is 69.3 cm³/mol. The topological polar surface area (TPSA) is 46.5 Å². The smallest absolute Gasteiger partial charge is 0.339 e. The summed E-state index contributed by atoms with van der Waals surface area (Å²) in [6.45, 7) is 0. The molecule has 0 radical (unpaired) electrons. The largest absolute Gasteiger partial charge is 0.495 e. The van der Waals surface area contributed by atoms with E-state index in [4.69, 9.17) is 9.84 Å². The summed E-state index contributed by atoms with van der Waals surface area (Å²) < 4.78 is 6.18. The lowest BCUT2D eigenvalue weighted by atomic mass is 9.90. The van der Waals surface area contributed by atoms with E-state index in [1.807, 2.05) is 0 Å². The number of hydrogen-bond donors (Lipinski definition) is 1. The zero-order valence-electron chi connectivity index (χ0n) is 9.05. The van der Waals surface area contributed by atoms with Crippen molar-refractivity contribution in [3.8, 4) is 5.75 Å². The lowest BCUT2D eigenvalue weighted by Gasteiger charge is -2.20. The molecule has 4 heteroatoms. The van der Waals surface area contributed by atoms with Crippen LogP contribution in [0.15, 0.2) is 6.07 Å². The number of aryl methyl sites for hydroxylation is 1. The molecule has 0 aromatic heterocycles. The minimum Gasteiger partial charge on any atom is -0.495 e. The predicted octanol–water partition coefficient (Wildman–Crippen LogP) is 2.88. The van der Waals surface area contributed by atoms with Gasteiger partial charge < -0.3 is 9.84 Å². The van der Waals surface area contributed by atoms with Gasteiger partial charge in [0.25, 0.3) is 0 Å². The number of aromatic carboxylic acids is 1. The molecule has 86 valence electrons. The number of methoxy groups -OCH3 is 1. The first kappa shape index (κ1) is 11.7. The molecule has 0 saturated heterocycles. The second kappa shape index (κ2) is 4.61. The number of carbonyl (C=O) groups is 1. The Balaban J connectivity index is 2.64. The van der Waals surface area contributed by atoms with Crippen LogP contribution in [0.25, 0.3) is 0 Å². The van der Waals surface area contributed by atoms with Gasteiger partial charge in [0.15, 0.2) is 0 Å². The lowest BCUT2D eigenvalue weighted by molar-refractivity contribution is 0.0693. The highest BCUT2D eigenvalue weighted by molar-refractivity contribution is 14.1. The molecule has 1 aliphatic carbocycles. The molecule has 0 amide bonds. The monoisotopic (exact) mass is 332 g/mol. The minimum absolute atomic E-state index is 0.285. The van der Waals surface area contributed by atoms with E-state index in [0.717, 1.165) is 22.8 Å². The fourth-order valence-corrected chi connectivity index (χ4v) is 3.32. The van der Waals surface area contributed by atoms with Gasteiger partial charge in [-0.05, 0) is 65.5 Å². The lowest BCUT2D eigenvalue weighted by Crippen LogP contribution is -2.11.